The van der Waals surface area contributed by atoms with E-state index in [2.05, 4.69) is 10.2 Å². The van der Waals surface area contributed by atoms with E-state index in [0.717, 1.165) is 6.54 Å². The van der Waals surface area contributed by atoms with Crippen LogP contribution in [-0.2, 0) is 0 Å². The van der Waals surface area contributed by atoms with Crippen LogP contribution in [0, 0.1) is 0 Å². The van der Waals surface area contributed by atoms with Gasteiger partial charge in [0.05, 0.1) is 0 Å². The Morgan fingerprint density at radius 2 is 1.69 bits per heavy atom. The summed E-state index contributed by atoms with van der Waals surface area (Å²) in [5.41, 5.74) is 0. The lowest BCUT2D eigenvalue weighted by Crippen LogP contribution is -2.31. The van der Waals surface area contributed by atoms with Gasteiger partial charge in [-0.3, -0.25) is 0 Å². The molecule has 0 aromatic heterocycles. The quantitative estimate of drug-likeness (QED) is 0.741. The van der Waals surface area contributed by atoms with Gasteiger partial charge in [0.15, 0.2) is 0 Å². The molecule has 0 aliphatic carbocycles. The third-order valence-corrected chi connectivity index (χ3v) is 2.35. The van der Waals surface area contributed by atoms with E-state index in [4.69, 9.17) is 0 Å². The Kier molecular flexibility index (Phi) is 13.0. The van der Waals surface area contributed by atoms with Gasteiger partial charge in [-0.1, -0.05) is 6.42 Å². The highest BCUT2D eigenvalue weighted by Gasteiger charge is 2.08. The first kappa shape index (κ1) is 15.9. The maximum Gasteiger partial charge on any atom is -0.000664 e. The van der Waals surface area contributed by atoms with Crippen LogP contribution in [0.1, 0.15) is 25.7 Å². The van der Waals surface area contributed by atoms with E-state index >= 15 is 0 Å². The summed E-state index contributed by atoms with van der Waals surface area (Å²) in [6.07, 6.45) is 5.58. The first-order chi connectivity index (χ1) is 5.43. The Hall–Kier alpha value is 0.500. The highest BCUT2D eigenvalue weighted by Crippen LogP contribution is 2.08. The number of hydrogen-bond acceptors (Lipinski definition) is 2. The van der Waals surface area contributed by atoms with Gasteiger partial charge in [-0.15, -0.1) is 24.8 Å². The summed E-state index contributed by atoms with van der Waals surface area (Å²) in [5, 5.41) is 3.18. The zero-order chi connectivity index (χ0) is 7.94. The van der Waals surface area contributed by atoms with Crippen molar-refractivity contribution < 1.29 is 0 Å². The van der Waals surface area contributed by atoms with Crippen molar-refractivity contribution in [3.05, 3.63) is 0 Å². The van der Waals surface area contributed by atoms with Crippen molar-refractivity contribution in [2.24, 2.45) is 0 Å². The molecule has 2 nitrogen and oxygen atoms in total. The van der Waals surface area contributed by atoms with E-state index in [9.17, 15) is 0 Å². The second-order valence-electron chi connectivity index (χ2n) is 3.36. The van der Waals surface area contributed by atoms with Crippen LogP contribution in [0.15, 0.2) is 0 Å². The van der Waals surface area contributed by atoms with Gasteiger partial charge in [-0.25, -0.2) is 0 Å². The monoisotopic (exact) mass is 228 g/mol. The molecule has 0 saturated carbocycles. The Morgan fingerprint density at radius 3 is 2.23 bits per heavy atom. The summed E-state index contributed by atoms with van der Waals surface area (Å²) in [6.45, 7) is 5.13. The van der Waals surface area contributed by atoms with Gasteiger partial charge < -0.3 is 10.2 Å². The number of likely N-dealkylation sites (tertiary alicyclic amines) is 1. The molecule has 82 valence electrons. The molecule has 1 aliphatic heterocycles. The fourth-order valence-electron chi connectivity index (χ4n) is 1.66. The molecule has 0 unspecified atom stereocenters. The van der Waals surface area contributed by atoms with E-state index < -0.39 is 0 Å². The Labute approximate surface area is 94.3 Å². The highest BCUT2D eigenvalue weighted by atomic mass is 35.5. The number of hydrogen-bond donors (Lipinski definition) is 1. The Morgan fingerprint density at radius 1 is 1.08 bits per heavy atom. The molecule has 1 aliphatic rings. The first-order valence-electron chi connectivity index (χ1n) is 4.80. The van der Waals surface area contributed by atoms with E-state index in [-0.39, 0.29) is 24.8 Å². The highest BCUT2D eigenvalue weighted by molar-refractivity contribution is 5.85. The van der Waals surface area contributed by atoms with Gasteiger partial charge in [0, 0.05) is 0 Å². The topological polar surface area (TPSA) is 15.3 Å². The van der Waals surface area contributed by atoms with Gasteiger partial charge in [0.1, 0.15) is 0 Å². The molecule has 4 heteroatoms. The fourth-order valence-corrected chi connectivity index (χ4v) is 1.66. The summed E-state index contributed by atoms with van der Waals surface area (Å²) in [5.74, 6) is 0. The van der Waals surface area contributed by atoms with Crippen LogP contribution in [0.4, 0.5) is 0 Å². The zero-order valence-corrected chi connectivity index (χ0v) is 10.1. The van der Waals surface area contributed by atoms with Crippen molar-refractivity contribution in [3.63, 3.8) is 0 Å². The number of halogens is 2. The number of piperidine rings is 1. The van der Waals surface area contributed by atoms with Crippen LogP contribution in [0.3, 0.4) is 0 Å². The Balaban J connectivity index is 0. The standard InChI is InChI=1S/C9H20N2.2ClH/c1-10-6-5-9-11-7-3-2-4-8-11;;/h10H,2-9H2,1H3;2*1H. The van der Waals surface area contributed by atoms with E-state index in [1.165, 1.54) is 45.3 Å². The Bertz CT molecular complexity index is 95.6. The lowest BCUT2D eigenvalue weighted by molar-refractivity contribution is 0.226. The van der Waals surface area contributed by atoms with E-state index in [1.807, 2.05) is 7.05 Å². The number of nitrogens with one attached hydrogen (secondary N) is 1. The van der Waals surface area contributed by atoms with Crippen molar-refractivity contribution in [1.29, 1.82) is 0 Å². The molecular formula is C9H22Cl2N2. The molecule has 0 radical (unpaired) electrons. The molecule has 0 aromatic rings. The molecule has 1 fully saturated rings. The summed E-state index contributed by atoms with van der Waals surface area (Å²) < 4.78 is 0. The minimum Gasteiger partial charge on any atom is -0.320 e. The maximum atomic E-state index is 3.18. The molecule has 0 aromatic carbocycles. The molecular weight excluding hydrogens is 207 g/mol. The summed E-state index contributed by atoms with van der Waals surface area (Å²) in [4.78, 5) is 2.58. The van der Waals surface area contributed by atoms with Gasteiger partial charge in [-0.05, 0) is 52.5 Å². The lowest BCUT2D eigenvalue weighted by atomic mass is 10.1. The van der Waals surface area contributed by atoms with Crippen LogP contribution in [0.25, 0.3) is 0 Å². The van der Waals surface area contributed by atoms with Crippen molar-refractivity contribution in [3.8, 4) is 0 Å². The van der Waals surface area contributed by atoms with Crippen LogP contribution < -0.4 is 5.32 Å². The average Bonchev–Trinajstić information content (AvgIpc) is 2.07. The number of rotatable bonds is 4. The smallest absolute Gasteiger partial charge is 0.000664 e. The van der Waals surface area contributed by atoms with Crippen LogP contribution in [-0.4, -0.2) is 38.1 Å². The third-order valence-electron chi connectivity index (χ3n) is 2.35. The van der Waals surface area contributed by atoms with Crippen molar-refractivity contribution in [1.82, 2.24) is 10.2 Å². The third kappa shape index (κ3) is 7.56. The summed E-state index contributed by atoms with van der Waals surface area (Å²) >= 11 is 0. The number of nitrogens with zero attached hydrogens (tertiary/aromatic N) is 1. The minimum atomic E-state index is 0. The normalized spacial score (nSPS) is 17.3. The van der Waals surface area contributed by atoms with Gasteiger partial charge in [0.25, 0.3) is 0 Å². The molecule has 1 heterocycles. The second kappa shape index (κ2) is 10.6. The van der Waals surface area contributed by atoms with Crippen LogP contribution in [0.5, 0.6) is 0 Å². The predicted molar refractivity (Wildman–Crippen MR) is 63.3 cm³/mol. The molecule has 0 bridgehead atoms. The molecule has 0 atom stereocenters. The van der Waals surface area contributed by atoms with Gasteiger partial charge in [-0.2, -0.15) is 0 Å². The van der Waals surface area contributed by atoms with E-state index in [1.54, 1.807) is 0 Å². The molecule has 1 rings (SSSR count). The minimum absolute atomic E-state index is 0. The van der Waals surface area contributed by atoms with Crippen molar-refractivity contribution >= 4 is 24.8 Å². The average molecular weight is 229 g/mol. The SMILES string of the molecule is CNCCCN1CCCCC1.Cl.Cl. The van der Waals surface area contributed by atoms with Crippen molar-refractivity contribution in [2.45, 2.75) is 25.7 Å². The van der Waals surface area contributed by atoms with Gasteiger partial charge >= 0.3 is 0 Å². The summed E-state index contributed by atoms with van der Waals surface area (Å²) in [7, 11) is 2.02. The van der Waals surface area contributed by atoms with E-state index in [0.29, 0.717) is 0 Å². The van der Waals surface area contributed by atoms with Crippen molar-refractivity contribution in [2.75, 3.05) is 33.2 Å². The second-order valence-corrected chi connectivity index (χ2v) is 3.36. The predicted octanol–water partition coefficient (Wildman–Crippen LogP) is 1.93. The van der Waals surface area contributed by atoms with Crippen LogP contribution >= 0.6 is 24.8 Å². The molecule has 0 amide bonds. The fraction of sp³-hybridized carbons (Fsp3) is 1.00. The molecule has 0 spiro atoms. The van der Waals surface area contributed by atoms with Crippen LogP contribution in [0.2, 0.25) is 0 Å². The summed E-state index contributed by atoms with van der Waals surface area (Å²) in [6, 6.07) is 0. The molecule has 1 saturated heterocycles. The molecule has 1 N–H and O–H groups in total. The first-order valence-corrected chi connectivity index (χ1v) is 4.80. The largest absolute Gasteiger partial charge is 0.320 e. The lowest BCUT2D eigenvalue weighted by Gasteiger charge is -2.26. The maximum absolute atomic E-state index is 3.18. The van der Waals surface area contributed by atoms with Gasteiger partial charge in [0.2, 0.25) is 0 Å². The zero-order valence-electron chi connectivity index (χ0n) is 8.42. The molecule has 13 heavy (non-hydrogen) atoms.